The first-order valence-corrected chi connectivity index (χ1v) is 11.3. The summed E-state index contributed by atoms with van der Waals surface area (Å²) in [6.45, 7) is 12.6. The van der Waals surface area contributed by atoms with Crippen LogP contribution < -0.4 is 10.6 Å². The number of benzene rings is 1. The molecule has 31 heavy (non-hydrogen) atoms. The molecule has 8 heteroatoms. The van der Waals surface area contributed by atoms with Crippen LogP contribution in [0.1, 0.15) is 43.4 Å². The highest BCUT2D eigenvalue weighted by molar-refractivity contribution is 5.80. The molecule has 2 aromatic rings. The molecule has 0 saturated carbocycles. The second kappa shape index (κ2) is 11.8. The summed E-state index contributed by atoms with van der Waals surface area (Å²) in [4.78, 5) is 7.26. The van der Waals surface area contributed by atoms with Gasteiger partial charge in [0.1, 0.15) is 12.4 Å². The molecular weight excluding hydrogens is 390 g/mol. The molecule has 0 spiro atoms. The molecule has 2 unspecified atom stereocenters. The van der Waals surface area contributed by atoms with Crippen LogP contribution in [-0.4, -0.2) is 71.1 Å². The quantitative estimate of drug-likeness (QED) is 0.362. The van der Waals surface area contributed by atoms with Gasteiger partial charge in [-0.05, 0) is 32.4 Å². The van der Waals surface area contributed by atoms with Gasteiger partial charge in [0.05, 0.1) is 13.2 Å². The third-order valence-corrected chi connectivity index (χ3v) is 6.05. The molecule has 1 aliphatic rings. The van der Waals surface area contributed by atoms with E-state index < -0.39 is 0 Å². The van der Waals surface area contributed by atoms with Gasteiger partial charge in [0.15, 0.2) is 11.8 Å². The number of rotatable bonds is 9. The van der Waals surface area contributed by atoms with E-state index in [-0.39, 0.29) is 6.04 Å². The van der Waals surface area contributed by atoms with Crippen molar-refractivity contribution in [1.82, 2.24) is 30.3 Å². The highest BCUT2D eigenvalue weighted by atomic mass is 16.5. The maximum Gasteiger partial charge on any atom is 0.191 e. The zero-order valence-electron chi connectivity index (χ0n) is 19.3. The average Bonchev–Trinajstić information content (AvgIpc) is 3.13. The van der Waals surface area contributed by atoms with Gasteiger partial charge in [-0.15, -0.1) is 10.2 Å². The molecule has 2 atom stereocenters. The fourth-order valence-corrected chi connectivity index (χ4v) is 3.61. The maximum absolute atomic E-state index is 5.43. The van der Waals surface area contributed by atoms with E-state index in [4.69, 9.17) is 9.73 Å². The zero-order chi connectivity index (χ0) is 22.1. The fraction of sp³-hybridized carbons (Fsp3) is 0.609. The Morgan fingerprint density at radius 3 is 2.58 bits per heavy atom. The molecule has 0 bridgehead atoms. The molecule has 1 aromatic heterocycles. The number of nitrogens with one attached hydrogen (secondary N) is 2. The topological polar surface area (TPSA) is 79.6 Å². The summed E-state index contributed by atoms with van der Waals surface area (Å²) in [5.41, 5.74) is 1.32. The number of morpholine rings is 1. The van der Waals surface area contributed by atoms with E-state index in [2.05, 4.69) is 69.9 Å². The van der Waals surface area contributed by atoms with E-state index in [1.54, 1.807) is 0 Å². The molecule has 1 fully saturated rings. The summed E-state index contributed by atoms with van der Waals surface area (Å²) in [5, 5.41) is 15.5. The van der Waals surface area contributed by atoms with Crippen molar-refractivity contribution < 1.29 is 4.74 Å². The molecule has 2 heterocycles. The van der Waals surface area contributed by atoms with E-state index in [0.29, 0.717) is 12.5 Å². The predicted molar refractivity (Wildman–Crippen MR) is 124 cm³/mol. The maximum atomic E-state index is 5.43. The zero-order valence-corrected chi connectivity index (χ0v) is 19.3. The van der Waals surface area contributed by atoms with Crippen LogP contribution in [0.2, 0.25) is 0 Å². The molecular formula is C23H37N7O. The van der Waals surface area contributed by atoms with Crippen LogP contribution in [0.25, 0.3) is 0 Å². The Morgan fingerprint density at radius 1 is 1.16 bits per heavy atom. The number of aliphatic imine (C=N–C) groups is 1. The SMILES string of the molecule is Cc1nnc(CN=C(NCCCN2CCOCC2)NC(C)C(C)c2ccccc2)n1C. The summed E-state index contributed by atoms with van der Waals surface area (Å²) in [5.74, 6) is 2.93. The van der Waals surface area contributed by atoms with Crippen molar-refractivity contribution >= 4 is 5.96 Å². The van der Waals surface area contributed by atoms with Crippen LogP contribution in [-0.2, 0) is 18.3 Å². The van der Waals surface area contributed by atoms with Gasteiger partial charge in [0.25, 0.3) is 0 Å². The lowest BCUT2D eigenvalue weighted by atomic mass is 9.94. The number of hydrogen-bond donors (Lipinski definition) is 2. The average molecular weight is 428 g/mol. The Balaban J connectivity index is 1.58. The number of ether oxygens (including phenoxy) is 1. The third kappa shape index (κ3) is 7.04. The number of guanidine groups is 1. The largest absolute Gasteiger partial charge is 0.379 e. The van der Waals surface area contributed by atoms with E-state index in [0.717, 1.165) is 63.4 Å². The van der Waals surface area contributed by atoms with Gasteiger partial charge >= 0.3 is 0 Å². The first kappa shape index (κ1) is 23.2. The van der Waals surface area contributed by atoms with Crippen LogP contribution in [0.4, 0.5) is 0 Å². The van der Waals surface area contributed by atoms with Crippen LogP contribution in [0.5, 0.6) is 0 Å². The number of hydrogen-bond acceptors (Lipinski definition) is 5. The van der Waals surface area contributed by atoms with Gasteiger partial charge in [-0.3, -0.25) is 4.90 Å². The van der Waals surface area contributed by atoms with Crippen molar-refractivity contribution in [2.45, 2.75) is 45.7 Å². The van der Waals surface area contributed by atoms with Crippen molar-refractivity contribution in [3.05, 3.63) is 47.5 Å². The lowest BCUT2D eigenvalue weighted by Gasteiger charge is -2.27. The molecule has 1 aromatic carbocycles. The minimum atomic E-state index is 0.231. The van der Waals surface area contributed by atoms with Gasteiger partial charge in [-0.2, -0.15) is 0 Å². The second-order valence-corrected chi connectivity index (χ2v) is 8.25. The molecule has 170 valence electrons. The highest BCUT2D eigenvalue weighted by Crippen LogP contribution is 2.18. The van der Waals surface area contributed by atoms with E-state index in [1.165, 1.54) is 5.56 Å². The second-order valence-electron chi connectivity index (χ2n) is 8.25. The minimum absolute atomic E-state index is 0.231. The van der Waals surface area contributed by atoms with Crippen molar-refractivity contribution in [2.24, 2.45) is 12.0 Å². The van der Waals surface area contributed by atoms with Crippen LogP contribution >= 0.6 is 0 Å². The minimum Gasteiger partial charge on any atom is -0.379 e. The number of aryl methyl sites for hydroxylation is 1. The molecule has 0 aliphatic carbocycles. The summed E-state index contributed by atoms with van der Waals surface area (Å²) in [7, 11) is 1.98. The van der Waals surface area contributed by atoms with Crippen molar-refractivity contribution in [3.8, 4) is 0 Å². The Hall–Kier alpha value is -2.45. The van der Waals surface area contributed by atoms with Crippen LogP contribution in [0.15, 0.2) is 35.3 Å². The smallest absolute Gasteiger partial charge is 0.191 e. The van der Waals surface area contributed by atoms with E-state index in [1.807, 2.05) is 18.5 Å². The predicted octanol–water partition coefficient (Wildman–Crippen LogP) is 2.07. The molecule has 0 radical (unpaired) electrons. The van der Waals surface area contributed by atoms with Gasteiger partial charge in [0.2, 0.25) is 0 Å². The Bertz CT molecular complexity index is 815. The molecule has 3 rings (SSSR count). The first-order valence-electron chi connectivity index (χ1n) is 11.3. The Kier molecular flexibility index (Phi) is 8.85. The van der Waals surface area contributed by atoms with Crippen LogP contribution in [0, 0.1) is 6.92 Å². The third-order valence-electron chi connectivity index (χ3n) is 6.05. The summed E-state index contributed by atoms with van der Waals surface area (Å²) in [6, 6.07) is 10.8. The van der Waals surface area contributed by atoms with Crippen molar-refractivity contribution in [2.75, 3.05) is 39.4 Å². The van der Waals surface area contributed by atoms with E-state index in [9.17, 15) is 0 Å². The van der Waals surface area contributed by atoms with Crippen molar-refractivity contribution in [1.29, 1.82) is 0 Å². The molecule has 2 N–H and O–H groups in total. The molecule has 1 aliphatic heterocycles. The van der Waals surface area contributed by atoms with Crippen LogP contribution in [0.3, 0.4) is 0 Å². The first-order chi connectivity index (χ1) is 15.0. The summed E-state index contributed by atoms with van der Waals surface area (Å²) in [6.07, 6.45) is 1.06. The summed E-state index contributed by atoms with van der Waals surface area (Å²) >= 11 is 0. The standard InChI is InChI=1S/C23H37N7O/c1-18(21-9-6-5-7-10-21)19(2)26-23(25-17-22-28-27-20(3)29(22)4)24-11-8-12-30-13-15-31-16-14-30/h5-7,9-10,18-19H,8,11-17H2,1-4H3,(H2,24,25,26). The highest BCUT2D eigenvalue weighted by Gasteiger charge is 2.16. The Labute approximate surface area is 186 Å². The molecule has 1 saturated heterocycles. The van der Waals surface area contributed by atoms with Gasteiger partial charge < -0.3 is 19.9 Å². The lowest BCUT2D eigenvalue weighted by molar-refractivity contribution is 0.0376. The number of nitrogens with zero attached hydrogens (tertiary/aromatic N) is 5. The normalized spacial score (nSPS) is 17.4. The van der Waals surface area contributed by atoms with Gasteiger partial charge in [-0.1, -0.05) is 37.3 Å². The van der Waals surface area contributed by atoms with E-state index >= 15 is 0 Å². The summed E-state index contributed by atoms with van der Waals surface area (Å²) < 4.78 is 7.41. The Morgan fingerprint density at radius 2 is 1.90 bits per heavy atom. The number of aromatic nitrogens is 3. The van der Waals surface area contributed by atoms with Gasteiger partial charge in [0, 0.05) is 38.6 Å². The van der Waals surface area contributed by atoms with Gasteiger partial charge in [-0.25, -0.2) is 4.99 Å². The molecule has 0 amide bonds. The lowest BCUT2D eigenvalue weighted by Crippen LogP contribution is -2.45. The molecule has 8 nitrogen and oxygen atoms in total. The fourth-order valence-electron chi connectivity index (χ4n) is 3.61. The van der Waals surface area contributed by atoms with Crippen molar-refractivity contribution in [3.63, 3.8) is 0 Å². The monoisotopic (exact) mass is 427 g/mol.